The zero-order chi connectivity index (χ0) is 31.3. The van der Waals surface area contributed by atoms with Crippen LogP contribution < -0.4 is 0 Å². The van der Waals surface area contributed by atoms with E-state index in [1.165, 1.54) is 73.6 Å². The van der Waals surface area contributed by atoms with Crippen molar-refractivity contribution in [2.45, 2.75) is 158 Å². The zero-order valence-corrected chi connectivity index (χ0v) is 30.0. The molecule has 0 amide bonds. The van der Waals surface area contributed by atoms with Gasteiger partial charge < -0.3 is 0 Å². The predicted octanol–water partition coefficient (Wildman–Crippen LogP) is 13.0. The van der Waals surface area contributed by atoms with Gasteiger partial charge in [0.1, 0.15) is 0 Å². The maximum atomic E-state index is 2.44. The Bertz CT molecular complexity index is 952. The van der Waals surface area contributed by atoms with E-state index in [2.05, 4.69) is 132 Å². The van der Waals surface area contributed by atoms with Gasteiger partial charge in [-0.2, -0.15) is 0 Å². The van der Waals surface area contributed by atoms with Crippen molar-refractivity contribution in [2.75, 3.05) is 0 Å². The fraction of sp³-hybridized carbons (Fsp3) is 0.714. The van der Waals surface area contributed by atoms with Gasteiger partial charge in [0.05, 0.1) is 0 Å². The summed E-state index contributed by atoms with van der Waals surface area (Å²) in [7, 11) is 0. The van der Waals surface area contributed by atoms with Crippen LogP contribution in [0, 0.1) is 34.5 Å². The predicted molar refractivity (Wildman–Crippen MR) is 188 cm³/mol. The van der Waals surface area contributed by atoms with Gasteiger partial charge in [0.25, 0.3) is 0 Å². The third kappa shape index (κ3) is 10.9. The lowest BCUT2D eigenvalue weighted by Gasteiger charge is -2.40. The van der Waals surface area contributed by atoms with Crippen LogP contribution in [-0.4, -0.2) is 0 Å². The molecular weight excluding hydrogens is 504 g/mol. The molecule has 0 atom stereocenters. The van der Waals surface area contributed by atoms with Crippen LogP contribution in [-0.2, 0) is 17.3 Å². The fourth-order valence-corrected chi connectivity index (χ4v) is 7.48. The average Bonchev–Trinajstić information content (AvgIpc) is 2.88. The number of rotatable bonds is 4. The Hall–Kier alpha value is -1.56. The molecule has 2 aromatic carbocycles. The summed E-state index contributed by atoms with van der Waals surface area (Å²) >= 11 is 0. The Morgan fingerprint density at radius 1 is 0.429 bits per heavy atom. The van der Waals surface area contributed by atoms with Crippen molar-refractivity contribution in [3.05, 3.63) is 70.8 Å². The Labute approximate surface area is 262 Å². The normalized spacial score (nSPS) is 24.1. The van der Waals surface area contributed by atoms with E-state index in [0.29, 0.717) is 10.8 Å². The first-order chi connectivity index (χ1) is 19.3. The van der Waals surface area contributed by atoms with Crippen molar-refractivity contribution in [1.29, 1.82) is 0 Å². The highest BCUT2D eigenvalue weighted by molar-refractivity contribution is 5.33. The maximum Gasteiger partial charge on any atom is -0.00258 e. The van der Waals surface area contributed by atoms with E-state index in [9.17, 15) is 0 Å². The van der Waals surface area contributed by atoms with E-state index < -0.39 is 0 Å². The second kappa shape index (κ2) is 14.0. The van der Waals surface area contributed by atoms with E-state index >= 15 is 0 Å². The molecule has 0 nitrogen and oxygen atoms in total. The molecule has 2 aliphatic rings. The van der Waals surface area contributed by atoms with Crippen molar-refractivity contribution in [1.82, 2.24) is 0 Å². The van der Waals surface area contributed by atoms with Gasteiger partial charge in [0.2, 0.25) is 0 Å². The molecule has 0 aromatic heterocycles. The topological polar surface area (TPSA) is 0 Å². The van der Waals surface area contributed by atoms with Crippen LogP contribution in [0.25, 0.3) is 0 Å². The molecule has 42 heavy (non-hydrogen) atoms. The first kappa shape index (κ1) is 34.9. The highest BCUT2D eigenvalue weighted by Crippen LogP contribution is 2.45. The molecule has 2 saturated carbocycles. The van der Waals surface area contributed by atoms with Gasteiger partial charge >= 0.3 is 0 Å². The lowest BCUT2D eigenvalue weighted by Crippen LogP contribution is -2.29. The monoisotopic (exact) mass is 573 g/mol. The SMILES string of the molecule is CC(C)(C)C1CCC(CC2CCC(C(C)(C)C)CC2)CC1.CC(C)(C)c1ccc(Cc2ccc(C(C)(C)C)cc2)cc1. The molecule has 0 N–H and O–H groups in total. The summed E-state index contributed by atoms with van der Waals surface area (Å²) in [6, 6.07) is 18.1. The minimum Gasteiger partial charge on any atom is -0.0599 e. The summed E-state index contributed by atoms with van der Waals surface area (Å²) in [4.78, 5) is 0. The smallest absolute Gasteiger partial charge is 0.00258 e. The maximum absolute atomic E-state index is 2.44. The first-order valence-electron chi connectivity index (χ1n) is 17.5. The molecule has 0 heteroatoms. The van der Waals surface area contributed by atoms with Crippen LogP contribution >= 0.6 is 0 Å². The number of hydrogen-bond donors (Lipinski definition) is 0. The quantitative estimate of drug-likeness (QED) is 0.342. The number of hydrogen-bond acceptors (Lipinski definition) is 0. The van der Waals surface area contributed by atoms with Gasteiger partial charge in [0.15, 0.2) is 0 Å². The van der Waals surface area contributed by atoms with Crippen molar-refractivity contribution in [2.24, 2.45) is 34.5 Å². The van der Waals surface area contributed by atoms with Gasteiger partial charge in [-0.05, 0) is 106 Å². The highest BCUT2D eigenvalue weighted by atomic mass is 14.4. The van der Waals surface area contributed by atoms with Gasteiger partial charge in [0, 0.05) is 0 Å². The molecule has 0 saturated heterocycles. The standard InChI is InChI=1S/C21H40.C21H28/c2*1-20(2,3)18-11-7-16(8-12-18)15-17-9-13-19(14-10-17)21(4,5)6/h16-19H,7-15H2,1-6H3;7-14H,15H2,1-6H3. The van der Waals surface area contributed by atoms with E-state index in [4.69, 9.17) is 0 Å². The molecule has 0 unspecified atom stereocenters. The van der Waals surface area contributed by atoms with E-state index in [-0.39, 0.29) is 10.8 Å². The molecule has 0 spiro atoms. The van der Waals surface area contributed by atoms with Crippen LogP contribution in [0.3, 0.4) is 0 Å². The Morgan fingerprint density at radius 2 is 0.714 bits per heavy atom. The summed E-state index contributed by atoms with van der Waals surface area (Å²) in [5, 5.41) is 0. The molecule has 0 heterocycles. The summed E-state index contributed by atoms with van der Waals surface area (Å²) in [6.07, 6.45) is 14.6. The molecule has 2 fully saturated rings. The van der Waals surface area contributed by atoms with E-state index in [1.807, 2.05) is 0 Å². The Balaban J connectivity index is 0.000000230. The van der Waals surface area contributed by atoms with Crippen molar-refractivity contribution >= 4 is 0 Å². The van der Waals surface area contributed by atoms with Crippen LogP contribution in [0.2, 0.25) is 0 Å². The lowest BCUT2D eigenvalue weighted by atomic mass is 9.65. The largest absolute Gasteiger partial charge is 0.0599 e. The van der Waals surface area contributed by atoms with Crippen LogP contribution in [0.5, 0.6) is 0 Å². The van der Waals surface area contributed by atoms with Gasteiger partial charge in [-0.25, -0.2) is 0 Å². The van der Waals surface area contributed by atoms with Crippen LogP contribution in [0.15, 0.2) is 48.5 Å². The minimum absolute atomic E-state index is 0.229. The Morgan fingerprint density at radius 3 is 0.952 bits per heavy atom. The third-order valence-electron chi connectivity index (χ3n) is 10.9. The summed E-state index contributed by atoms with van der Waals surface area (Å²) < 4.78 is 0. The number of benzene rings is 2. The molecule has 0 bridgehead atoms. The molecule has 2 aromatic rings. The van der Waals surface area contributed by atoms with E-state index in [1.54, 1.807) is 6.42 Å². The Kier molecular flexibility index (Phi) is 11.7. The molecule has 2 aliphatic carbocycles. The second-order valence-corrected chi connectivity index (χ2v) is 18.5. The van der Waals surface area contributed by atoms with Gasteiger partial charge in [-0.1, -0.05) is 157 Å². The van der Waals surface area contributed by atoms with Gasteiger partial charge in [-0.15, -0.1) is 0 Å². The van der Waals surface area contributed by atoms with Crippen molar-refractivity contribution in [3.8, 4) is 0 Å². The lowest BCUT2D eigenvalue weighted by molar-refractivity contribution is 0.111. The average molecular weight is 573 g/mol. The first-order valence-corrected chi connectivity index (χ1v) is 17.5. The molecular formula is C42H68. The van der Waals surface area contributed by atoms with E-state index in [0.717, 1.165) is 30.1 Å². The molecule has 4 rings (SSSR count). The van der Waals surface area contributed by atoms with Crippen LogP contribution in [0.4, 0.5) is 0 Å². The third-order valence-corrected chi connectivity index (χ3v) is 10.9. The van der Waals surface area contributed by atoms with Gasteiger partial charge in [-0.3, -0.25) is 0 Å². The summed E-state index contributed by atoms with van der Waals surface area (Å²) in [5.74, 6) is 4.07. The minimum atomic E-state index is 0.229. The highest BCUT2D eigenvalue weighted by Gasteiger charge is 2.33. The summed E-state index contributed by atoms with van der Waals surface area (Å²) in [5.41, 5.74) is 7.09. The molecule has 236 valence electrons. The second-order valence-electron chi connectivity index (χ2n) is 18.5. The fourth-order valence-electron chi connectivity index (χ4n) is 7.48. The molecule has 0 aliphatic heterocycles. The zero-order valence-electron chi connectivity index (χ0n) is 30.0. The summed E-state index contributed by atoms with van der Waals surface area (Å²) in [6.45, 7) is 28.2. The molecule has 0 radical (unpaired) electrons. The van der Waals surface area contributed by atoms with Crippen molar-refractivity contribution in [3.63, 3.8) is 0 Å². The van der Waals surface area contributed by atoms with Crippen molar-refractivity contribution < 1.29 is 0 Å². The van der Waals surface area contributed by atoms with Crippen LogP contribution in [0.1, 0.15) is 163 Å².